The smallest absolute Gasteiger partial charge is 0.111 e. The van der Waals surface area contributed by atoms with Gasteiger partial charge in [0.15, 0.2) is 0 Å². The molecule has 1 aliphatic heterocycles. The lowest BCUT2D eigenvalue weighted by Gasteiger charge is -1.92. The van der Waals surface area contributed by atoms with Crippen LogP contribution in [-0.4, -0.2) is 11.8 Å². The summed E-state index contributed by atoms with van der Waals surface area (Å²) in [5.41, 5.74) is 3.65. The normalized spacial score (nSPS) is 18.1. The topological polar surface area (TPSA) is 12.4 Å². The highest BCUT2D eigenvalue weighted by molar-refractivity contribution is 6.15. The van der Waals surface area contributed by atoms with Crippen LogP contribution in [0.2, 0.25) is 0 Å². The minimum atomic E-state index is 0.276. The molecular formula is C16H13N. The molecule has 1 aliphatic rings. The highest BCUT2D eigenvalue weighted by Gasteiger charge is 2.25. The van der Waals surface area contributed by atoms with Crippen molar-refractivity contribution in [3.05, 3.63) is 77.9 Å². The molecule has 0 aromatic heterocycles. The van der Waals surface area contributed by atoms with Gasteiger partial charge in [0.2, 0.25) is 0 Å². The van der Waals surface area contributed by atoms with E-state index in [1.54, 1.807) is 0 Å². The van der Waals surface area contributed by atoms with E-state index in [-0.39, 0.29) is 6.04 Å². The molecular weight excluding hydrogens is 206 g/mol. The molecule has 1 unspecified atom stereocenters. The van der Waals surface area contributed by atoms with Gasteiger partial charge in [-0.2, -0.15) is 0 Å². The van der Waals surface area contributed by atoms with E-state index in [1.807, 2.05) is 36.4 Å². The fourth-order valence-corrected chi connectivity index (χ4v) is 1.87. The molecule has 82 valence electrons. The van der Waals surface area contributed by atoms with Crippen LogP contribution in [0.4, 0.5) is 0 Å². The summed E-state index contributed by atoms with van der Waals surface area (Å²) in [5, 5.41) is 0. The average Bonchev–Trinajstić information content (AvgIpc) is 3.18. The molecule has 0 amide bonds. The molecule has 1 heterocycles. The van der Waals surface area contributed by atoms with Crippen LogP contribution in [0.25, 0.3) is 6.08 Å². The summed E-state index contributed by atoms with van der Waals surface area (Å²) in [6, 6.07) is 20.9. The molecule has 0 fully saturated rings. The number of rotatable bonds is 3. The first-order chi connectivity index (χ1) is 8.43. The molecule has 0 N–H and O–H groups in total. The van der Waals surface area contributed by atoms with Crippen molar-refractivity contribution >= 4 is 11.8 Å². The number of hydrogen-bond acceptors (Lipinski definition) is 1. The van der Waals surface area contributed by atoms with E-state index in [4.69, 9.17) is 0 Å². The van der Waals surface area contributed by atoms with Crippen LogP contribution in [0.1, 0.15) is 11.1 Å². The van der Waals surface area contributed by atoms with Crippen molar-refractivity contribution in [1.82, 2.24) is 0 Å². The molecule has 1 atom stereocenters. The number of benzene rings is 2. The second-order valence-electron chi connectivity index (χ2n) is 4.10. The molecule has 0 bridgehead atoms. The summed E-state index contributed by atoms with van der Waals surface area (Å²) in [5.74, 6) is 0. The van der Waals surface area contributed by atoms with Crippen LogP contribution >= 0.6 is 0 Å². The number of hydrogen-bond donors (Lipinski definition) is 0. The monoisotopic (exact) mass is 219 g/mol. The second kappa shape index (κ2) is 4.38. The summed E-state index contributed by atoms with van der Waals surface area (Å²) < 4.78 is 0. The van der Waals surface area contributed by atoms with Gasteiger partial charge in [0.1, 0.15) is 6.04 Å². The predicted molar refractivity (Wildman–Crippen MR) is 72.2 cm³/mol. The van der Waals surface area contributed by atoms with Crippen LogP contribution in [0, 0.1) is 0 Å². The predicted octanol–water partition coefficient (Wildman–Crippen LogP) is 3.57. The fraction of sp³-hybridized carbons (Fsp3) is 0.0625. The Labute approximate surface area is 101 Å². The first-order valence-electron chi connectivity index (χ1n) is 5.80. The summed E-state index contributed by atoms with van der Waals surface area (Å²) in [6.07, 6.45) is 4.28. The maximum Gasteiger partial charge on any atom is 0.111 e. The zero-order valence-electron chi connectivity index (χ0n) is 9.45. The third kappa shape index (κ3) is 2.34. The standard InChI is InChI=1S/C16H13N/c1-3-7-13(8-4-1)11-12-15-16(17-15)14-9-5-2-6-10-14/h1-12,15H. The van der Waals surface area contributed by atoms with Crippen LogP contribution in [0.3, 0.4) is 0 Å². The molecule has 0 radical (unpaired) electrons. The second-order valence-corrected chi connectivity index (χ2v) is 4.10. The van der Waals surface area contributed by atoms with Gasteiger partial charge in [-0.05, 0) is 11.1 Å². The highest BCUT2D eigenvalue weighted by atomic mass is 15.0. The highest BCUT2D eigenvalue weighted by Crippen LogP contribution is 2.21. The Morgan fingerprint density at radius 3 is 2.18 bits per heavy atom. The van der Waals surface area contributed by atoms with Crippen LogP contribution in [-0.2, 0) is 0 Å². The Hall–Kier alpha value is -2.15. The Morgan fingerprint density at radius 2 is 1.47 bits per heavy atom. The number of nitrogens with zero attached hydrogens (tertiary/aromatic N) is 1. The Bertz CT molecular complexity index is 553. The molecule has 0 spiro atoms. The zero-order valence-corrected chi connectivity index (χ0v) is 9.45. The maximum atomic E-state index is 4.47. The molecule has 0 saturated carbocycles. The molecule has 0 saturated heterocycles. The van der Waals surface area contributed by atoms with Crippen LogP contribution in [0.15, 0.2) is 71.7 Å². The first-order valence-corrected chi connectivity index (χ1v) is 5.80. The quantitative estimate of drug-likeness (QED) is 0.748. The van der Waals surface area contributed by atoms with Crippen LogP contribution in [0.5, 0.6) is 0 Å². The van der Waals surface area contributed by atoms with Crippen molar-refractivity contribution in [3.8, 4) is 0 Å². The lowest BCUT2D eigenvalue weighted by Crippen LogP contribution is -1.94. The van der Waals surface area contributed by atoms with Gasteiger partial charge in [-0.15, -0.1) is 0 Å². The van der Waals surface area contributed by atoms with Gasteiger partial charge in [0.25, 0.3) is 0 Å². The van der Waals surface area contributed by atoms with E-state index in [2.05, 4.69) is 41.4 Å². The Balaban J connectivity index is 1.66. The van der Waals surface area contributed by atoms with E-state index < -0.39 is 0 Å². The minimum absolute atomic E-state index is 0.276. The van der Waals surface area contributed by atoms with E-state index in [1.165, 1.54) is 16.8 Å². The zero-order chi connectivity index (χ0) is 11.5. The molecule has 0 aliphatic carbocycles. The summed E-state index contributed by atoms with van der Waals surface area (Å²) in [7, 11) is 0. The lowest BCUT2D eigenvalue weighted by molar-refractivity contribution is 1.29. The molecule has 2 aromatic rings. The Kier molecular flexibility index (Phi) is 2.59. The van der Waals surface area contributed by atoms with E-state index in [0.717, 1.165) is 0 Å². The fourth-order valence-electron chi connectivity index (χ4n) is 1.87. The lowest BCUT2D eigenvalue weighted by atomic mass is 10.1. The third-order valence-electron chi connectivity index (χ3n) is 2.83. The van der Waals surface area contributed by atoms with Gasteiger partial charge >= 0.3 is 0 Å². The first kappa shape index (κ1) is 10.0. The van der Waals surface area contributed by atoms with Gasteiger partial charge in [-0.3, -0.25) is 4.99 Å². The molecule has 1 nitrogen and oxygen atoms in total. The molecule has 17 heavy (non-hydrogen) atoms. The van der Waals surface area contributed by atoms with E-state index in [0.29, 0.717) is 0 Å². The van der Waals surface area contributed by atoms with Crippen molar-refractivity contribution in [2.24, 2.45) is 4.99 Å². The Morgan fingerprint density at radius 1 is 0.824 bits per heavy atom. The van der Waals surface area contributed by atoms with Crippen molar-refractivity contribution < 1.29 is 0 Å². The van der Waals surface area contributed by atoms with Gasteiger partial charge < -0.3 is 0 Å². The van der Waals surface area contributed by atoms with Crippen LogP contribution < -0.4 is 0 Å². The van der Waals surface area contributed by atoms with Gasteiger partial charge in [0.05, 0.1) is 5.71 Å². The SMILES string of the molecule is C(=CC1N=C1c1ccccc1)c1ccccc1. The minimum Gasteiger partial charge on any atom is -0.273 e. The van der Waals surface area contributed by atoms with Crippen molar-refractivity contribution in [3.63, 3.8) is 0 Å². The van der Waals surface area contributed by atoms with Gasteiger partial charge in [-0.25, -0.2) is 0 Å². The van der Waals surface area contributed by atoms with Crippen molar-refractivity contribution in [2.75, 3.05) is 0 Å². The largest absolute Gasteiger partial charge is 0.273 e. The summed E-state index contributed by atoms with van der Waals surface area (Å²) in [4.78, 5) is 4.47. The molecule has 2 aromatic carbocycles. The average molecular weight is 219 g/mol. The van der Waals surface area contributed by atoms with Crippen molar-refractivity contribution in [2.45, 2.75) is 6.04 Å². The van der Waals surface area contributed by atoms with Crippen molar-refractivity contribution in [1.29, 1.82) is 0 Å². The molecule has 1 heteroatoms. The summed E-state index contributed by atoms with van der Waals surface area (Å²) >= 11 is 0. The summed E-state index contributed by atoms with van der Waals surface area (Å²) in [6.45, 7) is 0. The third-order valence-corrected chi connectivity index (χ3v) is 2.83. The van der Waals surface area contributed by atoms with Gasteiger partial charge in [-0.1, -0.05) is 72.8 Å². The van der Waals surface area contributed by atoms with E-state index >= 15 is 0 Å². The molecule has 3 rings (SSSR count). The van der Waals surface area contributed by atoms with E-state index in [9.17, 15) is 0 Å². The van der Waals surface area contributed by atoms with Gasteiger partial charge in [0, 0.05) is 0 Å². The number of aliphatic imine (C=N–C) groups is 1. The maximum absolute atomic E-state index is 4.47.